The number of methoxy groups -OCH3 is 1. The van der Waals surface area contributed by atoms with E-state index in [9.17, 15) is 9.18 Å². The van der Waals surface area contributed by atoms with Crippen LogP contribution in [0, 0.1) is 5.82 Å². The summed E-state index contributed by atoms with van der Waals surface area (Å²) < 4.78 is 18.6. The standard InChI is InChI=1S/C20H22ClFN2O2/c1-26-19-7-4-15(12-18(19)22)20(25)23-17-8-10-24(11-9-17)13-14-2-5-16(21)6-3-14/h2-7,12,17H,8-11,13H2,1H3,(H,23,25)/p+1. The molecule has 6 heteroatoms. The summed E-state index contributed by atoms with van der Waals surface area (Å²) in [5, 5.41) is 3.76. The van der Waals surface area contributed by atoms with Crippen LogP contribution in [0.25, 0.3) is 0 Å². The lowest BCUT2D eigenvalue weighted by Gasteiger charge is -2.29. The van der Waals surface area contributed by atoms with Crippen molar-refractivity contribution in [2.24, 2.45) is 0 Å². The Hall–Kier alpha value is -2.11. The molecule has 1 aliphatic rings. The summed E-state index contributed by atoms with van der Waals surface area (Å²) in [5.41, 5.74) is 1.58. The molecular weight excluding hydrogens is 355 g/mol. The Kier molecular flexibility index (Phi) is 6.12. The maximum Gasteiger partial charge on any atom is 0.251 e. The first kappa shape index (κ1) is 18.7. The average molecular weight is 378 g/mol. The Balaban J connectivity index is 1.49. The van der Waals surface area contributed by atoms with Crippen molar-refractivity contribution in [1.29, 1.82) is 0 Å². The van der Waals surface area contributed by atoms with Gasteiger partial charge < -0.3 is 15.0 Å². The number of hydrogen-bond acceptors (Lipinski definition) is 2. The van der Waals surface area contributed by atoms with Crippen molar-refractivity contribution in [3.63, 3.8) is 0 Å². The third-order valence-corrected chi connectivity index (χ3v) is 5.06. The van der Waals surface area contributed by atoms with Crippen LogP contribution in [0.15, 0.2) is 42.5 Å². The fourth-order valence-corrected chi connectivity index (χ4v) is 3.44. The van der Waals surface area contributed by atoms with Gasteiger partial charge in [0.05, 0.1) is 20.2 Å². The SMILES string of the molecule is COc1ccc(C(=O)NC2CC[NH+](Cc3ccc(Cl)cc3)CC2)cc1F. The number of benzene rings is 2. The minimum absolute atomic E-state index is 0.127. The predicted molar refractivity (Wildman–Crippen MR) is 99.3 cm³/mol. The molecule has 0 saturated carbocycles. The van der Waals surface area contributed by atoms with Gasteiger partial charge in [0.15, 0.2) is 11.6 Å². The van der Waals surface area contributed by atoms with Crippen LogP contribution in [0.4, 0.5) is 4.39 Å². The van der Waals surface area contributed by atoms with Crippen molar-refractivity contribution in [2.45, 2.75) is 25.4 Å². The molecule has 0 aliphatic carbocycles. The van der Waals surface area contributed by atoms with Gasteiger partial charge >= 0.3 is 0 Å². The van der Waals surface area contributed by atoms with Crippen LogP contribution in [0.5, 0.6) is 5.75 Å². The molecule has 2 N–H and O–H groups in total. The van der Waals surface area contributed by atoms with Gasteiger partial charge in [0.1, 0.15) is 6.54 Å². The van der Waals surface area contributed by atoms with Crippen LogP contribution in [0.1, 0.15) is 28.8 Å². The molecule has 1 amide bonds. The second-order valence-corrected chi connectivity index (χ2v) is 7.09. The smallest absolute Gasteiger partial charge is 0.251 e. The monoisotopic (exact) mass is 377 g/mol. The van der Waals surface area contributed by atoms with Crippen LogP contribution < -0.4 is 15.0 Å². The highest BCUT2D eigenvalue weighted by molar-refractivity contribution is 6.30. The van der Waals surface area contributed by atoms with Crippen molar-refractivity contribution in [3.05, 3.63) is 64.4 Å². The van der Waals surface area contributed by atoms with Crippen LogP contribution in [0.2, 0.25) is 5.02 Å². The number of carbonyl (C=O) groups excluding carboxylic acids is 1. The molecule has 1 heterocycles. The molecule has 0 unspecified atom stereocenters. The molecule has 1 saturated heterocycles. The van der Waals surface area contributed by atoms with E-state index in [1.807, 2.05) is 12.1 Å². The summed E-state index contributed by atoms with van der Waals surface area (Å²) in [7, 11) is 1.40. The lowest BCUT2D eigenvalue weighted by molar-refractivity contribution is -0.918. The molecule has 1 fully saturated rings. The van der Waals surface area contributed by atoms with Crippen molar-refractivity contribution in [3.8, 4) is 5.75 Å². The van der Waals surface area contributed by atoms with Crippen LogP contribution in [-0.2, 0) is 6.54 Å². The summed E-state index contributed by atoms with van der Waals surface area (Å²) in [6, 6.07) is 12.3. The van der Waals surface area contributed by atoms with Crippen molar-refractivity contribution in [2.75, 3.05) is 20.2 Å². The summed E-state index contributed by atoms with van der Waals surface area (Å²) in [6.45, 7) is 2.94. The number of hydrogen-bond donors (Lipinski definition) is 2. The summed E-state index contributed by atoms with van der Waals surface area (Å²) >= 11 is 5.92. The zero-order valence-corrected chi connectivity index (χ0v) is 15.5. The average Bonchev–Trinajstić information content (AvgIpc) is 2.65. The van der Waals surface area contributed by atoms with E-state index in [1.54, 1.807) is 6.07 Å². The fraction of sp³-hybridized carbons (Fsp3) is 0.350. The number of carbonyl (C=O) groups is 1. The van der Waals surface area contributed by atoms with Gasteiger partial charge in [0, 0.05) is 35.0 Å². The molecule has 4 nitrogen and oxygen atoms in total. The number of quaternary nitrogens is 1. The Bertz CT molecular complexity index is 759. The first-order valence-corrected chi connectivity index (χ1v) is 9.15. The highest BCUT2D eigenvalue weighted by Crippen LogP contribution is 2.18. The van der Waals surface area contributed by atoms with E-state index in [1.165, 1.54) is 29.7 Å². The van der Waals surface area contributed by atoms with E-state index in [4.69, 9.17) is 16.3 Å². The van der Waals surface area contributed by atoms with Crippen molar-refractivity contribution < 1.29 is 18.8 Å². The van der Waals surface area contributed by atoms with E-state index in [0.29, 0.717) is 5.56 Å². The van der Waals surface area contributed by atoms with Gasteiger partial charge in [-0.25, -0.2) is 4.39 Å². The molecule has 138 valence electrons. The maximum absolute atomic E-state index is 13.8. The zero-order chi connectivity index (χ0) is 18.5. The quantitative estimate of drug-likeness (QED) is 0.840. The van der Waals surface area contributed by atoms with E-state index < -0.39 is 5.82 Å². The fourth-order valence-electron chi connectivity index (χ4n) is 3.31. The minimum atomic E-state index is -0.526. The van der Waals surface area contributed by atoms with E-state index in [-0.39, 0.29) is 17.7 Å². The van der Waals surface area contributed by atoms with Gasteiger partial charge in [0.25, 0.3) is 5.91 Å². The number of nitrogens with one attached hydrogen (secondary N) is 2. The maximum atomic E-state index is 13.8. The Morgan fingerprint density at radius 1 is 1.23 bits per heavy atom. The lowest BCUT2D eigenvalue weighted by atomic mass is 10.0. The predicted octanol–water partition coefficient (Wildman–Crippen LogP) is 2.47. The topological polar surface area (TPSA) is 42.8 Å². The van der Waals surface area contributed by atoms with Crippen molar-refractivity contribution >= 4 is 17.5 Å². The summed E-state index contributed by atoms with van der Waals surface area (Å²) in [6.07, 6.45) is 1.82. The van der Waals surface area contributed by atoms with Gasteiger partial charge in [-0.05, 0) is 30.3 Å². The van der Waals surface area contributed by atoms with Crippen LogP contribution in [0.3, 0.4) is 0 Å². The zero-order valence-electron chi connectivity index (χ0n) is 14.7. The number of ether oxygens (including phenoxy) is 1. The van der Waals surface area contributed by atoms with Gasteiger partial charge in [-0.1, -0.05) is 23.7 Å². The number of likely N-dealkylation sites (tertiary alicyclic amines) is 1. The number of rotatable bonds is 5. The number of piperidine rings is 1. The van der Waals surface area contributed by atoms with Crippen LogP contribution >= 0.6 is 11.6 Å². The lowest BCUT2D eigenvalue weighted by Crippen LogP contribution is -3.12. The first-order chi connectivity index (χ1) is 12.5. The first-order valence-electron chi connectivity index (χ1n) is 8.77. The summed E-state index contributed by atoms with van der Waals surface area (Å²) in [4.78, 5) is 13.8. The van der Waals surface area contributed by atoms with E-state index in [2.05, 4.69) is 17.4 Å². The highest BCUT2D eigenvalue weighted by atomic mass is 35.5. The molecule has 0 radical (unpaired) electrons. The Morgan fingerprint density at radius 2 is 1.92 bits per heavy atom. The number of amides is 1. The number of halogens is 2. The molecule has 2 aromatic rings. The third-order valence-electron chi connectivity index (χ3n) is 4.81. The normalized spacial score (nSPS) is 19.8. The second kappa shape index (κ2) is 8.52. The molecule has 0 bridgehead atoms. The Morgan fingerprint density at radius 3 is 2.54 bits per heavy atom. The van der Waals surface area contributed by atoms with Gasteiger partial charge in [-0.15, -0.1) is 0 Å². The van der Waals surface area contributed by atoms with Gasteiger partial charge in [0.2, 0.25) is 0 Å². The minimum Gasteiger partial charge on any atom is -0.494 e. The molecule has 0 atom stereocenters. The van der Waals surface area contributed by atoms with Crippen LogP contribution in [-0.4, -0.2) is 32.1 Å². The van der Waals surface area contributed by atoms with Gasteiger partial charge in [-0.2, -0.15) is 0 Å². The molecule has 1 aliphatic heterocycles. The third kappa shape index (κ3) is 4.74. The van der Waals surface area contributed by atoms with E-state index in [0.717, 1.165) is 37.5 Å². The molecule has 26 heavy (non-hydrogen) atoms. The molecule has 3 rings (SSSR count). The Labute approximate surface area is 157 Å². The van der Waals surface area contributed by atoms with Gasteiger partial charge in [-0.3, -0.25) is 4.79 Å². The second-order valence-electron chi connectivity index (χ2n) is 6.65. The summed E-state index contributed by atoms with van der Waals surface area (Å²) in [5.74, 6) is -0.624. The van der Waals surface area contributed by atoms with Crippen molar-refractivity contribution in [1.82, 2.24) is 5.32 Å². The largest absolute Gasteiger partial charge is 0.494 e. The molecule has 0 spiro atoms. The highest BCUT2D eigenvalue weighted by Gasteiger charge is 2.24. The molecular formula is C20H23ClFN2O2+. The molecule has 0 aromatic heterocycles. The molecule has 2 aromatic carbocycles. The van der Waals surface area contributed by atoms with E-state index >= 15 is 0 Å².